The SMILES string of the molecule is CCCNc1nc(NC(CO)CO)nc(OC)n1. The lowest BCUT2D eigenvalue weighted by Crippen LogP contribution is -2.29. The third kappa shape index (κ3) is 4.30. The largest absolute Gasteiger partial charge is 0.467 e. The zero-order chi connectivity index (χ0) is 13.4. The Hall–Kier alpha value is -1.67. The standard InChI is InChI=1S/C10H19N5O3/c1-3-4-11-8-13-9(12-7(5-16)6-17)15-10(14-8)18-2/h7,16-17H,3-6H2,1-2H3,(H2,11,12,13,14,15). The minimum absolute atomic E-state index is 0.167. The third-order valence-corrected chi connectivity index (χ3v) is 2.10. The molecule has 0 radical (unpaired) electrons. The van der Waals surface area contributed by atoms with E-state index in [-0.39, 0.29) is 25.2 Å². The molecule has 0 fully saturated rings. The van der Waals surface area contributed by atoms with Crippen molar-refractivity contribution in [3.8, 4) is 6.01 Å². The highest BCUT2D eigenvalue weighted by Crippen LogP contribution is 2.11. The highest BCUT2D eigenvalue weighted by molar-refractivity contribution is 5.36. The number of anilines is 2. The Morgan fingerprint density at radius 2 is 1.83 bits per heavy atom. The number of aliphatic hydroxyl groups is 2. The van der Waals surface area contributed by atoms with Crippen LogP contribution in [-0.2, 0) is 0 Å². The number of rotatable bonds is 8. The third-order valence-electron chi connectivity index (χ3n) is 2.10. The van der Waals surface area contributed by atoms with E-state index in [0.717, 1.165) is 13.0 Å². The van der Waals surface area contributed by atoms with Crippen molar-refractivity contribution >= 4 is 11.9 Å². The van der Waals surface area contributed by atoms with Crippen molar-refractivity contribution in [3.63, 3.8) is 0 Å². The Morgan fingerprint density at radius 1 is 1.17 bits per heavy atom. The van der Waals surface area contributed by atoms with Crippen LogP contribution in [0.15, 0.2) is 0 Å². The fraction of sp³-hybridized carbons (Fsp3) is 0.700. The molecule has 0 saturated heterocycles. The van der Waals surface area contributed by atoms with Gasteiger partial charge in [0.15, 0.2) is 0 Å². The summed E-state index contributed by atoms with van der Waals surface area (Å²) < 4.78 is 4.96. The average Bonchev–Trinajstić information content (AvgIpc) is 2.42. The van der Waals surface area contributed by atoms with Crippen molar-refractivity contribution in [1.82, 2.24) is 15.0 Å². The predicted molar refractivity (Wildman–Crippen MR) is 66.7 cm³/mol. The van der Waals surface area contributed by atoms with Crippen molar-refractivity contribution < 1.29 is 14.9 Å². The number of nitrogens with one attached hydrogen (secondary N) is 2. The Kier molecular flexibility index (Phi) is 6.09. The van der Waals surface area contributed by atoms with Gasteiger partial charge in [-0.1, -0.05) is 6.92 Å². The quantitative estimate of drug-likeness (QED) is 0.491. The van der Waals surface area contributed by atoms with E-state index in [9.17, 15) is 0 Å². The average molecular weight is 257 g/mol. The van der Waals surface area contributed by atoms with Gasteiger partial charge in [-0.2, -0.15) is 15.0 Å². The molecule has 0 saturated carbocycles. The first-order chi connectivity index (χ1) is 8.73. The van der Waals surface area contributed by atoms with Crippen LogP contribution in [0, 0.1) is 0 Å². The second-order valence-corrected chi connectivity index (χ2v) is 3.60. The summed E-state index contributed by atoms with van der Waals surface area (Å²) in [6, 6.07) is -0.350. The summed E-state index contributed by atoms with van der Waals surface area (Å²) in [6.07, 6.45) is 0.937. The maximum absolute atomic E-state index is 8.98. The molecule has 0 amide bonds. The molecule has 1 heterocycles. The van der Waals surface area contributed by atoms with Crippen LogP contribution in [0.3, 0.4) is 0 Å². The zero-order valence-electron chi connectivity index (χ0n) is 10.6. The molecule has 0 aliphatic heterocycles. The Bertz CT molecular complexity index is 359. The maximum atomic E-state index is 8.98. The van der Waals surface area contributed by atoms with Gasteiger partial charge in [0.1, 0.15) is 0 Å². The van der Waals surface area contributed by atoms with Crippen molar-refractivity contribution in [2.75, 3.05) is 37.5 Å². The number of ether oxygens (including phenoxy) is 1. The van der Waals surface area contributed by atoms with E-state index < -0.39 is 6.04 Å². The van der Waals surface area contributed by atoms with Gasteiger partial charge in [-0.15, -0.1) is 0 Å². The van der Waals surface area contributed by atoms with Crippen LogP contribution in [0.1, 0.15) is 13.3 Å². The van der Waals surface area contributed by atoms with Crippen molar-refractivity contribution in [3.05, 3.63) is 0 Å². The fourth-order valence-electron chi connectivity index (χ4n) is 1.16. The summed E-state index contributed by atoms with van der Waals surface area (Å²) in [4.78, 5) is 12.1. The lowest BCUT2D eigenvalue weighted by Gasteiger charge is -2.14. The zero-order valence-corrected chi connectivity index (χ0v) is 10.6. The summed E-state index contributed by atoms with van der Waals surface area (Å²) >= 11 is 0. The summed E-state index contributed by atoms with van der Waals surface area (Å²) in [5.74, 6) is 0.634. The molecule has 0 aliphatic rings. The fourth-order valence-corrected chi connectivity index (χ4v) is 1.16. The van der Waals surface area contributed by atoms with E-state index in [0.29, 0.717) is 5.95 Å². The first-order valence-corrected chi connectivity index (χ1v) is 5.75. The second kappa shape index (κ2) is 7.62. The van der Waals surface area contributed by atoms with Gasteiger partial charge in [0, 0.05) is 6.54 Å². The van der Waals surface area contributed by atoms with Crippen molar-refractivity contribution in [1.29, 1.82) is 0 Å². The van der Waals surface area contributed by atoms with Gasteiger partial charge in [-0.3, -0.25) is 0 Å². The molecule has 0 aliphatic carbocycles. The number of hydrogen-bond acceptors (Lipinski definition) is 8. The molecule has 1 aromatic heterocycles. The molecule has 0 aromatic carbocycles. The van der Waals surface area contributed by atoms with E-state index >= 15 is 0 Å². The van der Waals surface area contributed by atoms with Crippen LogP contribution in [0.4, 0.5) is 11.9 Å². The van der Waals surface area contributed by atoms with E-state index in [1.54, 1.807) is 0 Å². The van der Waals surface area contributed by atoms with Crippen LogP contribution in [0.25, 0.3) is 0 Å². The molecule has 102 valence electrons. The Morgan fingerprint density at radius 3 is 2.39 bits per heavy atom. The van der Waals surface area contributed by atoms with E-state index in [2.05, 4.69) is 25.6 Å². The molecule has 0 atom stereocenters. The molecule has 8 nitrogen and oxygen atoms in total. The molecular formula is C10H19N5O3. The van der Waals surface area contributed by atoms with Gasteiger partial charge >= 0.3 is 6.01 Å². The van der Waals surface area contributed by atoms with Crippen molar-refractivity contribution in [2.45, 2.75) is 19.4 Å². The summed E-state index contributed by atoms with van der Waals surface area (Å²) in [6.45, 7) is 2.32. The molecule has 0 unspecified atom stereocenters. The van der Waals surface area contributed by atoms with Gasteiger partial charge in [0.2, 0.25) is 11.9 Å². The minimum Gasteiger partial charge on any atom is -0.467 e. The number of aromatic nitrogens is 3. The van der Waals surface area contributed by atoms with Gasteiger partial charge in [-0.25, -0.2) is 0 Å². The monoisotopic (exact) mass is 257 g/mol. The Balaban J connectivity index is 2.82. The second-order valence-electron chi connectivity index (χ2n) is 3.60. The molecule has 8 heteroatoms. The summed E-state index contributed by atoms with van der Waals surface area (Å²) in [7, 11) is 1.46. The number of nitrogens with zero attached hydrogens (tertiary/aromatic N) is 3. The highest BCUT2D eigenvalue weighted by atomic mass is 16.5. The lowest BCUT2D eigenvalue weighted by molar-refractivity contribution is 0.203. The van der Waals surface area contributed by atoms with Crippen LogP contribution in [0.2, 0.25) is 0 Å². The van der Waals surface area contributed by atoms with E-state index in [1.807, 2.05) is 6.92 Å². The van der Waals surface area contributed by atoms with Gasteiger partial charge in [0.05, 0.1) is 26.4 Å². The molecule has 18 heavy (non-hydrogen) atoms. The van der Waals surface area contributed by atoms with E-state index in [1.165, 1.54) is 7.11 Å². The van der Waals surface area contributed by atoms with Crippen LogP contribution < -0.4 is 15.4 Å². The molecule has 0 bridgehead atoms. The first kappa shape index (κ1) is 14.4. The summed E-state index contributed by atoms with van der Waals surface area (Å²) in [5.41, 5.74) is 0. The Labute approximate surface area is 105 Å². The lowest BCUT2D eigenvalue weighted by atomic mass is 10.3. The molecule has 4 N–H and O–H groups in total. The van der Waals surface area contributed by atoms with Gasteiger partial charge in [-0.05, 0) is 6.42 Å². The van der Waals surface area contributed by atoms with Crippen LogP contribution >= 0.6 is 0 Å². The smallest absolute Gasteiger partial charge is 0.322 e. The number of aliphatic hydroxyl groups excluding tert-OH is 2. The minimum atomic E-state index is -0.517. The van der Waals surface area contributed by atoms with Crippen LogP contribution in [0.5, 0.6) is 6.01 Å². The predicted octanol–water partition coefficient (Wildman–Crippen LogP) is -0.533. The number of methoxy groups -OCH3 is 1. The normalized spacial score (nSPS) is 10.5. The summed E-state index contributed by atoms with van der Waals surface area (Å²) in [5, 5.41) is 23.8. The topological polar surface area (TPSA) is 112 Å². The molecule has 1 rings (SSSR count). The first-order valence-electron chi connectivity index (χ1n) is 5.75. The van der Waals surface area contributed by atoms with Gasteiger partial charge in [0.25, 0.3) is 0 Å². The van der Waals surface area contributed by atoms with E-state index in [4.69, 9.17) is 14.9 Å². The molecule has 0 spiro atoms. The highest BCUT2D eigenvalue weighted by Gasteiger charge is 2.11. The van der Waals surface area contributed by atoms with Crippen LogP contribution in [-0.4, -0.2) is 58.1 Å². The van der Waals surface area contributed by atoms with Gasteiger partial charge < -0.3 is 25.6 Å². The maximum Gasteiger partial charge on any atom is 0.322 e. The number of hydrogen-bond donors (Lipinski definition) is 4. The molecular weight excluding hydrogens is 238 g/mol. The van der Waals surface area contributed by atoms with Crippen molar-refractivity contribution in [2.24, 2.45) is 0 Å². The molecule has 1 aromatic rings.